The van der Waals surface area contributed by atoms with Gasteiger partial charge < -0.3 is 20.3 Å². The fourth-order valence-electron chi connectivity index (χ4n) is 5.00. The van der Waals surface area contributed by atoms with Gasteiger partial charge in [0.25, 0.3) is 5.91 Å². The molecule has 0 saturated carbocycles. The number of aromatic nitrogens is 3. The number of carbonyl (C=O) groups excluding carboxylic acids is 1. The minimum Gasteiger partial charge on any atom is -0.496 e. The van der Waals surface area contributed by atoms with Crippen molar-refractivity contribution >= 4 is 38.8 Å². The highest BCUT2D eigenvalue weighted by atomic mass is 32.1. The minimum atomic E-state index is -0.522. The Morgan fingerprint density at radius 3 is 2.91 bits per heavy atom. The van der Waals surface area contributed by atoms with Gasteiger partial charge >= 0.3 is 0 Å². The summed E-state index contributed by atoms with van der Waals surface area (Å²) in [5.41, 5.74) is 2.77. The van der Waals surface area contributed by atoms with Crippen LogP contribution >= 0.6 is 11.3 Å². The molecule has 178 valence electrons. The third-order valence-corrected chi connectivity index (χ3v) is 7.48. The number of hydrogen-bond acceptors (Lipinski definition) is 8. The van der Waals surface area contributed by atoms with E-state index in [4.69, 9.17) is 9.72 Å². The van der Waals surface area contributed by atoms with Crippen molar-refractivity contribution in [1.29, 1.82) is 0 Å². The van der Waals surface area contributed by atoms with Crippen LogP contribution in [-0.2, 0) is 0 Å². The van der Waals surface area contributed by atoms with E-state index in [2.05, 4.69) is 25.5 Å². The molecule has 2 aromatic carbocycles. The number of piperazine rings is 1. The molecule has 2 N–H and O–H groups in total. The van der Waals surface area contributed by atoms with Crippen molar-refractivity contribution in [2.24, 2.45) is 0 Å². The van der Waals surface area contributed by atoms with Gasteiger partial charge in [-0.05, 0) is 43.7 Å². The number of anilines is 2. The number of hydrogen-bond donors (Lipinski definition) is 2. The third kappa shape index (κ3) is 3.78. The molecule has 0 radical (unpaired) electrons. The van der Waals surface area contributed by atoms with Crippen molar-refractivity contribution in [2.45, 2.75) is 25.4 Å². The summed E-state index contributed by atoms with van der Waals surface area (Å²) < 4.78 is 20.9. The van der Waals surface area contributed by atoms with Crippen molar-refractivity contribution in [3.05, 3.63) is 59.1 Å². The van der Waals surface area contributed by atoms with Gasteiger partial charge in [0.15, 0.2) is 5.82 Å². The first-order chi connectivity index (χ1) is 17.0. The second-order valence-electron chi connectivity index (χ2n) is 8.73. The number of aryl methyl sites for hydroxylation is 1. The molecule has 0 unspecified atom stereocenters. The summed E-state index contributed by atoms with van der Waals surface area (Å²) in [7, 11) is 1.45. The molecule has 2 fully saturated rings. The molecule has 8 nitrogen and oxygen atoms in total. The predicted octanol–water partition coefficient (Wildman–Crippen LogP) is 4.01. The van der Waals surface area contributed by atoms with Crippen LogP contribution in [0.2, 0.25) is 0 Å². The maximum absolute atomic E-state index is 14.6. The van der Waals surface area contributed by atoms with E-state index in [1.54, 1.807) is 23.5 Å². The van der Waals surface area contributed by atoms with Crippen LogP contribution in [0.3, 0.4) is 0 Å². The van der Waals surface area contributed by atoms with Crippen molar-refractivity contribution in [3.63, 3.8) is 0 Å². The first-order valence-electron chi connectivity index (χ1n) is 11.4. The molecule has 2 aliphatic rings. The van der Waals surface area contributed by atoms with E-state index < -0.39 is 11.7 Å². The van der Waals surface area contributed by atoms with E-state index in [1.165, 1.54) is 25.4 Å². The van der Waals surface area contributed by atoms with Gasteiger partial charge in [-0.2, -0.15) is 0 Å². The Labute approximate surface area is 205 Å². The molecule has 0 spiro atoms. The molecule has 2 bridgehead atoms. The van der Waals surface area contributed by atoms with Gasteiger partial charge in [-0.15, -0.1) is 11.3 Å². The highest BCUT2D eigenvalue weighted by Crippen LogP contribution is 2.41. The van der Waals surface area contributed by atoms with E-state index in [1.807, 2.05) is 19.1 Å². The lowest BCUT2D eigenvalue weighted by atomic mass is 10.1. The summed E-state index contributed by atoms with van der Waals surface area (Å²) >= 11 is 1.64. The number of rotatable bonds is 5. The second kappa shape index (κ2) is 8.54. The average molecular weight is 491 g/mol. The molecule has 2 atom stereocenters. The summed E-state index contributed by atoms with van der Waals surface area (Å²) in [5.74, 6) is -0.543. The van der Waals surface area contributed by atoms with E-state index in [-0.39, 0.29) is 17.1 Å². The lowest BCUT2D eigenvalue weighted by molar-refractivity contribution is 0.102. The van der Waals surface area contributed by atoms with Gasteiger partial charge in [-0.25, -0.2) is 19.3 Å². The molecular formula is C25H23FN6O2S. The van der Waals surface area contributed by atoms with Gasteiger partial charge in [0.2, 0.25) is 0 Å². The van der Waals surface area contributed by atoms with E-state index in [9.17, 15) is 9.18 Å². The smallest absolute Gasteiger partial charge is 0.274 e. The quantitative estimate of drug-likeness (QED) is 0.437. The molecule has 35 heavy (non-hydrogen) atoms. The number of nitrogens with zero attached hydrogens (tertiary/aromatic N) is 4. The monoisotopic (exact) mass is 490 g/mol. The number of fused-ring (bicyclic) bond motifs is 3. The first-order valence-corrected chi connectivity index (χ1v) is 12.2. The SMILES string of the molecule is COc1cccc(F)c1-c1nccc(C(=O)Nc2ccc3sc(C)nc3c2N2C[C@H]3C[C@@H]2CN3)n1. The van der Waals surface area contributed by atoms with Crippen LogP contribution < -0.4 is 20.3 Å². The Morgan fingerprint density at radius 1 is 1.26 bits per heavy atom. The lowest BCUT2D eigenvalue weighted by Crippen LogP contribution is -2.44. The fraction of sp³-hybridized carbons (Fsp3) is 0.280. The topological polar surface area (TPSA) is 92.3 Å². The maximum Gasteiger partial charge on any atom is 0.274 e. The van der Waals surface area contributed by atoms with Crippen LogP contribution in [0.25, 0.3) is 21.6 Å². The third-order valence-electron chi connectivity index (χ3n) is 6.54. The van der Waals surface area contributed by atoms with Gasteiger partial charge in [-0.3, -0.25) is 4.79 Å². The second-order valence-corrected chi connectivity index (χ2v) is 9.96. The lowest BCUT2D eigenvalue weighted by Gasteiger charge is -2.31. The van der Waals surface area contributed by atoms with E-state index >= 15 is 0 Å². The Bertz CT molecular complexity index is 1460. The Hall–Kier alpha value is -3.63. The zero-order chi connectivity index (χ0) is 24.1. The van der Waals surface area contributed by atoms with Gasteiger partial charge in [0, 0.05) is 31.4 Å². The number of methoxy groups -OCH3 is 1. The van der Waals surface area contributed by atoms with Crippen LogP contribution in [0.15, 0.2) is 42.6 Å². The van der Waals surface area contributed by atoms with Crippen LogP contribution in [0.4, 0.5) is 15.8 Å². The van der Waals surface area contributed by atoms with Crippen molar-refractivity contribution in [1.82, 2.24) is 20.3 Å². The van der Waals surface area contributed by atoms with Crippen molar-refractivity contribution in [3.8, 4) is 17.1 Å². The van der Waals surface area contributed by atoms with E-state index in [0.717, 1.165) is 40.4 Å². The number of thiazole rings is 1. The van der Waals surface area contributed by atoms with Gasteiger partial charge in [-0.1, -0.05) is 6.07 Å². The van der Waals surface area contributed by atoms with Crippen LogP contribution in [0.1, 0.15) is 21.9 Å². The number of amides is 1. The molecule has 4 aromatic rings. The largest absolute Gasteiger partial charge is 0.496 e. The maximum atomic E-state index is 14.6. The molecule has 6 rings (SSSR count). The van der Waals surface area contributed by atoms with Crippen molar-refractivity contribution in [2.75, 3.05) is 30.4 Å². The normalized spacial score (nSPS) is 18.9. The minimum absolute atomic E-state index is 0.0846. The molecule has 10 heteroatoms. The summed E-state index contributed by atoms with van der Waals surface area (Å²) in [6, 6.07) is 10.7. The summed E-state index contributed by atoms with van der Waals surface area (Å²) in [6.45, 7) is 3.77. The molecule has 0 aliphatic carbocycles. The van der Waals surface area contributed by atoms with Crippen LogP contribution in [-0.4, -0.2) is 53.1 Å². The molecule has 2 aromatic heterocycles. The average Bonchev–Trinajstić information content (AvgIpc) is 3.59. The van der Waals surface area contributed by atoms with Crippen LogP contribution in [0, 0.1) is 12.7 Å². The number of halogens is 1. The molecule has 1 amide bonds. The summed E-state index contributed by atoms with van der Waals surface area (Å²) in [6.07, 6.45) is 2.52. The Morgan fingerprint density at radius 2 is 2.14 bits per heavy atom. The highest BCUT2D eigenvalue weighted by Gasteiger charge is 2.39. The van der Waals surface area contributed by atoms with Crippen molar-refractivity contribution < 1.29 is 13.9 Å². The Balaban J connectivity index is 1.37. The number of ether oxygens (including phenoxy) is 1. The van der Waals surface area contributed by atoms with Crippen LogP contribution in [0.5, 0.6) is 5.75 Å². The van der Waals surface area contributed by atoms with E-state index in [0.29, 0.717) is 23.5 Å². The zero-order valence-electron chi connectivity index (χ0n) is 19.2. The standard InChI is InChI=1S/C25H23FN6O2S/c1-13-29-22-20(35-13)7-6-17(23(22)32-12-14-10-15(32)11-28-14)31-25(33)18-8-9-27-24(30-18)21-16(26)4-3-5-19(21)34-2/h3-9,14-15,28H,10-12H2,1-2H3,(H,31,33)/t14-,15-/m1/s1. The predicted molar refractivity (Wildman–Crippen MR) is 134 cm³/mol. The van der Waals surface area contributed by atoms with Gasteiger partial charge in [0.05, 0.1) is 33.8 Å². The fourth-order valence-corrected chi connectivity index (χ4v) is 5.83. The summed E-state index contributed by atoms with van der Waals surface area (Å²) in [4.78, 5) is 29.0. The van der Waals surface area contributed by atoms with Gasteiger partial charge in [0.1, 0.15) is 22.8 Å². The Kier molecular flexibility index (Phi) is 5.34. The zero-order valence-corrected chi connectivity index (χ0v) is 20.0. The number of nitrogens with one attached hydrogen (secondary N) is 2. The molecule has 2 aliphatic heterocycles. The first kappa shape index (κ1) is 21.9. The number of benzene rings is 2. The highest BCUT2D eigenvalue weighted by molar-refractivity contribution is 7.18. The molecule has 4 heterocycles. The summed E-state index contributed by atoms with van der Waals surface area (Å²) in [5, 5.41) is 7.54. The number of carbonyl (C=O) groups is 1. The molecule has 2 saturated heterocycles. The molecular weight excluding hydrogens is 467 g/mol.